The van der Waals surface area contributed by atoms with E-state index in [-0.39, 0.29) is 18.7 Å². The molecule has 0 spiro atoms. The standard InChI is InChI=1S/C18H16F6N4O2/c19-13-2-1-10(5-11(13)15(25)29)27-16(30)14-12(18(22,23)24)7-26-28(14)8-9-3-4-17(20,21)6-9/h1-2,5,7,9H,3-4,6,8H2,(H2,25,29)(H,27,30). The van der Waals surface area contributed by atoms with Gasteiger partial charge in [-0.3, -0.25) is 14.3 Å². The molecule has 0 bridgehead atoms. The summed E-state index contributed by atoms with van der Waals surface area (Å²) in [6, 6.07) is 2.73. The fraction of sp³-hybridized carbons (Fsp3) is 0.389. The molecule has 1 aromatic carbocycles. The number of hydrogen-bond donors (Lipinski definition) is 2. The fourth-order valence-corrected chi connectivity index (χ4v) is 3.40. The number of carbonyl (C=O) groups is 2. The fourth-order valence-electron chi connectivity index (χ4n) is 3.40. The van der Waals surface area contributed by atoms with Gasteiger partial charge in [0, 0.05) is 25.1 Å². The maximum atomic E-state index is 13.6. The zero-order chi connectivity index (χ0) is 22.3. The van der Waals surface area contributed by atoms with Crippen LogP contribution < -0.4 is 11.1 Å². The molecule has 2 amide bonds. The number of aromatic nitrogens is 2. The van der Waals surface area contributed by atoms with E-state index >= 15 is 0 Å². The largest absolute Gasteiger partial charge is 0.420 e. The van der Waals surface area contributed by atoms with Gasteiger partial charge in [-0.25, -0.2) is 13.2 Å². The minimum Gasteiger partial charge on any atom is -0.366 e. The van der Waals surface area contributed by atoms with Gasteiger partial charge in [-0.1, -0.05) is 0 Å². The monoisotopic (exact) mass is 434 g/mol. The summed E-state index contributed by atoms with van der Waals surface area (Å²) in [7, 11) is 0. The highest BCUT2D eigenvalue weighted by Gasteiger charge is 2.42. The summed E-state index contributed by atoms with van der Waals surface area (Å²) in [6.45, 7) is -0.301. The molecule has 1 unspecified atom stereocenters. The Labute approximate surface area is 166 Å². The highest BCUT2D eigenvalue weighted by molar-refractivity contribution is 6.05. The van der Waals surface area contributed by atoms with Crippen molar-refractivity contribution in [1.29, 1.82) is 0 Å². The van der Waals surface area contributed by atoms with Crippen molar-refractivity contribution in [3.05, 3.63) is 47.0 Å². The van der Waals surface area contributed by atoms with E-state index in [2.05, 4.69) is 10.4 Å². The van der Waals surface area contributed by atoms with Crippen LogP contribution in [0, 0.1) is 11.7 Å². The van der Waals surface area contributed by atoms with Crippen LogP contribution in [0.15, 0.2) is 24.4 Å². The number of nitrogens with zero attached hydrogens (tertiary/aromatic N) is 2. The number of amides is 2. The molecule has 30 heavy (non-hydrogen) atoms. The normalized spacial score (nSPS) is 18.4. The summed E-state index contributed by atoms with van der Waals surface area (Å²) in [4.78, 5) is 23.8. The maximum absolute atomic E-state index is 13.6. The van der Waals surface area contributed by atoms with Crippen LogP contribution >= 0.6 is 0 Å². The number of hydrogen-bond acceptors (Lipinski definition) is 3. The van der Waals surface area contributed by atoms with E-state index in [9.17, 15) is 35.9 Å². The highest BCUT2D eigenvalue weighted by Crippen LogP contribution is 2.40. The Morgan fingerprint density at radius 1 is 1.30 bits per heavy atom. The molecule has 3 rings (SSSR count). The molecule has 1 saturated carbocycles. The molecule has 0 saturated heterocycles. The summed E-state index contributed by atoms with van der Waals surface area (Å²) in [5, 5.41) is 5.71. The van der Waals surface area contributed by atoms with Crippen LogP contribution in [0.1, 0.15) is 45.7 Å². The van der Waals surface area contributed by atoms with Gasteiger partial charge in [0.05, 0.1) is 11.8 Å². The van der Waals surface area contributed by atoms with E-state index < -0.39 is 65.3 Å². The number of carbonyl (C=O) groups excluding carboxylic acids is 2. The average molecular weight is 434 g/mol. The number of nitrogens with two attached hydrogens (primary N) is 1. The minimum absolute atomic E-state index is 0.0786. The van der Waals surface area contributed by atoms with E-state index in [4.69, 9.17) is 5.73 Å². The van der Waals surface area contributed by atoms with Gasteiger partial charge < -0.3 is 11.1 Å². The number of halogens is 6. The molecule has 6 nitrogen and oxygen atoms in total. The molecule has 162 valence electrons. The third-order valence-electron chi connectivity index (χ3n) is 4.79. The first-order valence-electron chi connectivity index (χ1n) is 8.79. The van der Waals surface area contributed by atoms with Crippen molar-refractivity contribution >= 4 is 17.5 Å². The summed E-state index contributed by atoms with van der Waals surface area (Å²) in [6.07, 6.45) is -5.31. The van der Waals surface area contributed by atoms with Gasteiger partial charge >= 0.3 is 6.18 Å². The van der Waals surface area contributed by atoms with Crippen LogP contribution in [0.4, 0.5) is 32.0 Å². The second-order valence-corrected chi connectivity index (χ2v) is 7.06. The first-order chi connectivity index (χ1) is 13.9. The van der Waals surface area contributed by atoms with Crippen LogP contribution in [0.3, 0.4) is 0 Å². The summed E-state index contributed by atoms with van der Waals surface area (Å²) in [5.74, 6) is -6.91. The van der Waals surface area contributed by atoms with E-state index in [1.165, 1.54) is 0 Å². The van der Waals surface area contributed by atoms with E-state index in [0.717, 1.165) is 22.9 Å². The molecular weight excluding hydrogens is 418 g/mol. The number of rotatable bonds is 5. The third kappa shape index (κ3) is 4.57. The molecule has 1 aliphatic rings. The van der Waals surface area contributed by atoms with Crippen molar-refractivity contribution in [3.63, 3.8) is 0 Å². The molecule has 3 N–H and O–H groups in total. The lowest BCUT2D eigenvalue weighted by Gasteiger charge is -2.15. The Bertz CT molecular complexity index is 986. The lowest BCUT2D eigenvalue weighted by Crippen LogP contribution is -2.24. The quantitative estimate of drug-likeness (QED) is 0.701. The summed E-state index contributed by atoms with van der Waals surface area (Å²) < 4.78 is 81.2. The van der Waals surface area contributed by atoms with Crippen molar-refractivity contribution in [2.75, 3.05) is 5.32 Å². The van der Waals surface area contributed by atoms with Crippen LogP contribution in [-0.2, 0) is 12.7 Å². The van der Waals surface area contributed by atoms with E-state index in [1.54, 1.807) is 0 Å². The van der Waals surface area contributed by atoms with Crippen molar-refractivity contribution in [3.8, 4) is 0 Å². The Kier molecular flexibility index (Phi) is 5.52. The second-order valence-electron chi connectivity index (χ2n) is 7.06. The van der Waals surface area contributed by atoms with Gasteiger partial charge in [0.25, 0.3) is 11.8 Å². The van der Waals surface area contributed by atoms with Gasteiger partial charge in [0.15, 0.2) is 0 Å². The molecule has 1 heterocycles. The third-order valence-corrected chi connectivity index (χ3v) is 4.79. The van der Waals surface area contributed by atoms with Gasteiger partial charge in [0.1, 0.15) is 17.1 Å². The first kappa shape index (κ1) is 21.7. The molecule has 12 heteroatoms. The van der Waals surface area contributed by atoms with Crippen LogP contribution in [0.5, 0.6) is 0 Å². The predicted octanol–water partition coefficient (Wildman–Crippen LogP) is 3.83. The zero-order valence-electron chi connectivity index (χ0n) is 15.3. The van der Waals surface area contributed by atoms with Crippen molar-refractivity contribution in [1.82, 2.24) is 9.78 Å². The van der Waals surface area contributed by atoms with E-state index in [0.29, 0.717) is 6.20 Å². The minimum atomic E-state index is -4.92. The predicted molar refractivity (Wildman–Crippen MR) is 92.4 cm³/mol. The lowest BCUT2D eigenvalue weighted by molar-refractivity contribution is -0.138. The number of anilines is 1. The number of nitrogens with one attached hydrogen (secondary N) is 1. The molecule has 1 aromatic heterocycles. The Morgan fingerprint density at radius 3 is 2.57 bits per heavy atom. The molecule has 1 atom stereocenters. The smallest absolute Gasteiger partial charge is 0.366 e. The number of alkyl halides is 5. The van der Waals surface area contributed by atoms with Crippen LogP contribution in [-0.4, -0.2) is 27.5 Å². The first-order valence-corrected chi connectivity index (χ1v) is 8.79. The van der Waals surface area contributed by atoms with E-state index in [1.807, 2.05) is 0 Å². The lowest BCUT2D eigenvalue weighted by atomic mass is 10.1. The highest BCUT2D eigenvalue weighted by atomic mass is 19.4. The zero-order valence-corrected chi connectivity index (χ0v) is 15.3. The molecule has 0 aliphatic heterocycles. The Hall–Kier alpha value is -3.05. The summed E-state index contributed by atoms with van der Waals surface area (Å²) in [5.41, 5.74) is 2.05. The Morgan fingerprint density at radius 2 is 2.00 bits per heavy atom. The maximum Gasteiger partial charge on any atom is 0.420 e. The van der Waals surface area contributed by atoms with Gasteiger partial charge in [-0.05, 0) is 30.5 Å². The Balaban J connectivity index is 1.91. The molecule has 0 radical (unpaired) electrons. The van der Waals surface area contributed by atoms with Crippen molar-refractivity contribution in [2.24, 2.45) is 11.7 Å². The van der Waals surface area contributed by atoms with Crippen LogP contribution in [0.25, 0.3) is 0 Å². The van der Waals surface area contributed by atoms with Gasteiger partial charge in [-0.15, -0.1) is 0 Å². The summed E-state index contributed by atoms with van der Waals surface area (Å²) >= 11 is 0. The molecule has 1 fully saturated rings. The molecule has 1 aliphatic carbocycles. The van der Waals surface area contributed by atoms with Gasteiger partial charge in [-0.2, -0.15) is 18.3 Å². The van der Waals surface area contributed by atoms with Gasteiger partial charge in [0.2, 0.25) is 5.92 Å². The number of primary amides is 1. The molecular formula is C18H16F6N4O2. The topological polar surface area (TPSA) is 90.0 Å². The number of benzene rings is 1. The van der Waals surface area contributed by atoms with Crippen molar-refractivity contribution in [2.45, 2.75) is 37.9 Å². The second kappa shape index (κ2) is 7.65. The molecule has 2 aromatic rings. The van der Waals surface area contributed by atoms with Crippen LogP contribution in [0.2, 0.25) is 0 Å². The SMILES string of the molecule is NC(=O)c1cc(NC(=O)c2c(C(F)(F)F)cnn2CC2CCC(F)(F)C2)ccc1F. The average Bonchev–Trinajstić information content (AvgIpc) is 3.19. The van der Waals surface area contributed by atoms with Crippen molar-refractivity contribution < 1.29 is 35.9 Å².